The fraction of sp³-hybridized carbons (Fsp3) is 0.0952. The number of hydrogen-bond acceptors (Lipinski definition) is 5. The molecule has 3 rings (SSSR count). The summed E-state index contributed by atoms with van der Waals surface area (Å²) < 4.78 is 27.6. The van der Waals surface area contributed by atoms with Crippen LogP contribution in [-0.2, 0) is 14.8 Å². The van der Waals surface area contributed by atoms with Crippen LogP contribution in [0.25, 0.3) is 0 Å². The van der Waals surface area contributed by atoms with E-state index >= 15 is 0 Å². The maximum absolute atomic E-state index is 13.3. The number of nitro groups is 1. The van der Waals surface area contributed by atoms with Crippen molar-refractivity contribution in [3.8, 4) is 0 Å². The third-order valence-corrected chi connectivity index (χ3v) is 6.36. The van der Waals surface area contributed by atoms with Gasteiger partial charge in [-0.2, -0.15) is 0 Å². The molecule has 0 heterocycles. The van der Waals surface area contributed by atoms with Gasteiger partial charge in [-0.1, -0.05) is 29.8 Å². The first kappa shape index (κ1) is 22.3. The number of hydrogen-bond donors (Lipinski definition) is 1. The molecule has 1 N–H and O–H groups in total. The van der Waals surface area contributed by atoms with Gasteiger partial charge in [-0.05, 0) is 55.0 Å². The number of benzene rings is 3. The van der Waals surface area contributed by atoms with E-state index in [0.29, 0.717) is 10.7 Å². The molecule has 31 heavy (non-hydrogen) atoms. The average molecular weight is 460 g/mol. The number of halogens is 1. The van der Waals surface area contributed by atoms with Crippen LogP contribution in [0.15, 0.2) is 77.7 Å². The SMILES string of the molecule is Cc1cccc(N(CC(=O)Nc2cccc([N+](=O)[O-])c2)S(=O)(=O)c2ccc(Cl)cc2)c1. The first-order chi connectivity index (χ1) is 14.7. The van der Waals surface area contributed by atoms with Crippen molar-refractivity contribution in [1.82, 2.24) is 0 Å². The van der Waals surface area contributed by atoms with Crippen molar-refractivity contribution >= 4 is 44.6 Å². The van der Waals surface area contributed by atoms with Crippen LogP contribution in [0.4, 0.5) is 17.1 Å². The second kappa shape index (κ2) is 9.15. The van der Waals surface area contributed by atoms with E-state index in [1.807, 2.05) is 0 Å². The van der Waals surface area contributed by atoms with E-state index in [9.17, 15) is 23.3 Å². The normalized spacial score (nSPS) is 11.0. The second-order valence-electron chi connectivity index (χ2n) is 6.66. The number of anilines is 2. The lowest BCUT2D eigenvalue weighted by atomic mass is 10.2. The van der Waals surface area contributed by atoms with Gasteiger partial charge in [0.15, 0.2) is 0 Å². The van der Waals surface area contributed by atoms with Gasteiger partial charge in [0.25, 0.3) is 15.7 Å². The summed E-state index contributed by atoms with van der Waals surface area (Å²) in [5, 5.41) is 13.8. The largest absolute Gasteiger partial charge is 0.324 e. The van der Waals surface area contributed by atoms with Gasteiger partial charge in [-0.25, -0.2) is 8.42 Å². The van der Waals surface area contributed by atoms with Crippen LogP contribution < -0.4 is 9.62 Å². The number of carbonyl (C=O) groups excluding carboxylic acids is 1. The van der Waals surface area contributed by atoms with E-state index < -0.39 is 27.4 Å². The highest BCUT2D eigenvalue weighted by atomic mass is 35.5. The number of aryl methyl sites for hydroxylation is 1. The van der Waals surface area contributed by atoms with Crippen LogP contribution >= 0.6 is 11.6 Å². The minimum absolute atomic E-state index is 0.0263. The second-order valence-corrected chi connectivity index (χ2v) is 8.96. The van der Waals surface area contributed by atoms with E-state index in [1.165, 1.54) is 48.5 Å². The number of non-ortho nitro benzene ring substituents is 1. The van der Waals surface area contributed by atoms with E-state index in [2.05, 4.69) is 5.32 Å². The topological polar surface area (TPSA) is 110 Å². The summed E-state index contributed by atoms with van der Waals surface area (Å²) in [6.45, 7) is 1.27. The molecule has 0 fully saturated rings. The minimum Gasteiger partial charge on any atom is -0.324 e. The molecule has 0 aliphatic rings. The molecule has 0 bridgehead atoms. The van der Waals surface area contributed by atoms with E-state index in [-0.39, 0.29) is 16.3 Å². The number of sulfonamides is 1. The fourth-order valence-corrected chi connectivity index (χ4v) is 4.40. The molecule has 10 heteroatoms. The van der Waals surface area contributed by atoms with Gasteiger partial charge in [0.1, 0.15) is 6.54 Å². The third kappa shape index (κ3) is 5.39. The molecule has 0 atom stereocenters. The average Bonchev–Trinajstić information content (AvgIpc) is 2.72. The Morgan fingerprint density at radius 3 is 2.39 bits per heavy atom. The van der Waals surface area contributed by atoms with Crippen molar-refractivity contribution in [2.75, 3.05) is 16.2 Å². The highest BCUT2D eigenvalue weighted by Gasteiger charge is 2.27. The first-order valence-electron chi connectivity index (χ1n) is 9.06. The Labute approximate surface area is 184 Å². The predicted octanol–water partition coefficient (Wildman–Crippen LogP) is 4.39. The number of nitrogens with one attached hydrogen (secondary N) is 1. The Balaban J connectivity index is 1.93. The van der Waals surface area contributed by atoms with Crippen LogP contribution in [0.2, 0.25) is 5.02 Å². The summed E-state index contributed by atoms with van der Waals surface area (Å²) >= 11 is 5.87. The molecule has 0 unspecified atom stereocenters. The van der Waals surface area contributed by atoms with Gasteiger partial charge < -0.3 is 5.32 Å². The highest BCUT2D eigenvalue weighted by Crippen LogP contribution is 2.26. The fourth-order valence-electron chi connectivity index (χ4n) is 2.86. The first-order valence-corrected chi connectivity index (χ1v) is 10.9. The summed E-state index contributed by atoms with van der Waals surface area (Å²) in [4.78, 5) is 23.0. The van der Waals surface area contributed by atoms with Gasteiger partial charge in [-0.15, -0.1) is 0 Å². The van der Waals surface area contributed by atoms with E-state index in [1.54, 1.807) is 31.2 Å². The number of nitro benzene ring substituents is 1. The zero-order chi connectivity index (χ0) is 22.6. The molecule has 0 saturated carbocycles. The molecule has 0 radical (unpaired) electrons. The summed E-state index contributed by atoms with van der Waals surface area (Å²) in [5.74, 6) is -0.653. The van der Waals surface area contributed by atoms with Gasteiger partial charge in [0, 0.05) is 22.8 Å². The predicted molar refractivity (Wildman–Crippen MR) is 119 cm³/mol. The lowest BCUT2D eigenvalue weighted by molar-refractivity contribution is -0.384. The van der Waals surface area contributed by atoms with Crippen molar-refractivity contribution < 1.29 is 18.1 Å². The maximum atomic E-state index is 13.3. The van der Waals surface area contributed by atoms with Gasteiger partial charge in [0.2, 0.25) is 5.91 Å². The molecule has 0 spiro atoms. The molecule has 0 aliphatic carbocycles. The Kier molecular flexibility index (Phi) is 6.57. The number of rotatable bonds is 7. The van der Waals surface area contributed by atoms with Crippen molar-refractivity contribution in [3.63, 3.8) is 0 Å². The minimum atomic E-state index is -4.09. The Morgan fingerprint density at radius 2 is 1.74 bits per heavy atom. The lowest BCUT2D eigenvalue weighted by Crippen LogP contribution is -2.38. The van der Waals surface area contributed by atoms with Crippen LogP contribution in [0.3, 0.4) is 0 Å². The highest BCUT2D eigenvalue weighted by molar-refractivity contribution is 7.92. The summed E-state index contributed by atoms with van der Waals surface area (Å²) in [6, 6.07) is 17.7. The monoisotopic (exact) mass is 459 g/mol. The number of nitrogens with zero attached hydrogens (tertiary/aromatic N) is 2. The third-order valence-electron chi connectivity index (χ3n) is 4.32. The standard InChI is InChI=1S/C21H18ClN3O5S/c1-15-4-2-6-18(12-15)24(31(29,30)20-10-8-16(22)9-11-20)14-21(26)23-17-5-3-7-19(13-17)25(27)28/h2-13H,14H2,1H3,(H,23,26). The van der Waals surface area contributed by atoms with Crippen LogP contribution in [0, 0.1) is 17.0 Å². The molecule has 0 aliphatic heterocycles. The van der Waals surface area contributed by atoms with Crippen LogP contribution in [0.1, 0.15) is 5.56 Å². The van der Waals surface area contributed by atoms with Crippen LogP contribution in [-0.4, -0.2) is 25.8 Å². The number of carbonyl (C=O) groups is 1. The molecule has 0 aromatic heterocycles. The molecular weight excluding hydrogens is 442 g/mol. The summed E-state index contributed by atoms with van der Waals surface area (Å²) in [6.07, 6.45) is 0. The quantitative estimate of drug-likeness (QED) is 0.416. The van der Waals surface area contributed by atoms with E-state index in [4.69, 9.17) is 11.6 Å². The lowest BCUT2D eigenvalue weighted by Gasteiger charge is -2.24. The molecule has 3 aromatic rings. The summed E-state index contributed by atoms with van der Waals surface area (Å²) in [7, 11) is -4.09. The summed E-state index contributed by atoms with van der Waals surface area (Å²) in [5.41, 5.74) is 1.12. The molecule has 3 aromatic carbocycles. The zero-order valence-corrected chi connectivity index (χ0v) is 17.9. The smallest absolute Gasteiger partial charge is 0.271 e. The molecule has 0 saturated heterocycles. The van der Waals surface area contributed by atoms with E-state index in [0.717, 1.165) is 9.87 Å². The van der Waals surface area contributed by atoms with Gasteiger partial charge in [0.05, 0.1) is 15.5 Å². The molecule has 8 nitrogen and oxygen atoms in total. The Hall–Kier alpha value is -3.43. The molecule has 1 amide bonds. The van der Waals surface area contributed by atoms with Gasteiger partial charge in [-0.3, -0.25) is 19.2 Å². The van der Waals surface area contributed by atoms with Crippen molar-refractivity contribution in [1.29, 1.82) is 0 Å². The van der Waals surface area contributed by atoms with Crippen molar-refractivity contribution in [3.05, 3.63) is 93.5 Å². The van der Waals surface area contributed by atoms with Gasteiger partial charge >= 0.3 is 0 Å². The maximum Gasteiger partial charge on any atom is 0.271 e. The molecular formula is C21H18ClN3O5S. The van der Waals surface area contributed by atoms with Crippen molar-refractivity contribution in [2.24, 2.45) is 0 Å². The van der Waals surface area contributed by atoms with Crippen molar-refractivity contribution in [2.45, 2.75) is 11.8 Å². The Bertz CT molecular complexity index is 1230. The zero-order valence-electron chi connectivity index (χ0n) is 16.4. The number of amides is 1. The Morgan fingerprint density at radius 1 is 1.06 bits per heavy atom. The molecule has 160 valence electrons. The van der Waals surface area contributed by atoms with Crippen LogP contribution in [0.5, 0.6) is 0 Å².